The maximum Gasteiger partial charge on any atom is 0.415 e. The van der Waals surface area contributed by atoms with Crippen molar-refractivity contribution in [2.24, 2.45) is 0 Å². The second-order valence-electron chi connectivity index (χ2n) is 6.32. The second kappa shape index (κ2) is 10.7. The fraction of sp³-hybridized carbons (Fsp3) is 0.381. The molecule has 0 atom stereocenters. The SMILES string of the molecule is CCN(CC)C(=O)Oc1ccc(C)c(C)c1-c1c(O)ccc(C)c1C.Cl.[Ti]. The molecule has 0 bridgehead atoms. The van der Waals surface area contributed by atoms with Crippen LogP contribution in [0.4, 0.5) is 4.79 Å². The van der Waals surface area contributed by atoms with E-state index in [0.717, 1.165) is 33.4 Å². The van der Waals surface area contributed by atoms with E-state index in [1.807, 2.05) is 53.7 Å². The van der Waals surface area contributed by atoms with Crippen LogP contribution in [0.15, 0.2) is 24.3 Å². The summed E-state index contributed by atoms with van der Waals surface area (Å²) in [5.41, 5.74) is 5.64. The molecule has 0 unspecified atom stereocenters. The van der Waals surface area contributed by atoms with Crippen molar-refractivity contribution >= 4 is 18.5 Å². The van der Waals surface area contributed by atoms with Gasteiger partial charge in [-0.3, -0.25) is 0 Å². The first-order valence-corrected chi connectivity index (χ1v) is 8.68. The average molecular weight is 426 g/mol. The van der Waals surface area contributed by atoms with E-state index in [-0.39, 0.29) is 46.0 Å². The number of benzene rings is 2. The van der Waals surface area contributed by atoms with Crippen LogP contribution in [0, 0.1) is 27.7 Å². The van der Waals surface area contributed by atoms with E-state index < -0.39 is 0 Å². The largest absolute Gasteiger partial charge is 0.507 e. The summed E-state index contributed by atoms with van der Waals surface area (Å²) in [5.74, 6) is 0.668. The molecule has 0 saturated heterocycles. The first-order valence-electron chi connectivity index (χ1n) is 8.68. The Hall–Kier alpha value is -1.49. The predicted octanol–water partition coefficient (Wildman–Crippen LogP) is 5.55. The minimum absolute atomic E-state index is 0. The zero-order chi connectivity index (χ0) is 18.7. The van der Waals surface area contributed by atoms with Crippen LogP contribution in [0.5, 0.6) is 11.5 Å². The van der Waals surface area contributed by atoms with Gasteiger partial charge in [0.25, 0.3) is 0 Å². The molecule has 0 fully saturated rings. The number of carbonyl (C=O) groups excluding carboxylic acids is 1. The molecule has 1 N–H and O–H groups in total. The molecule has 0 spiro atoms. The Morgan fingerprint density at radius 2 is 1.41 bits per heavy atom. The van der Waals surface area contributed by atoms with Gasteiger partial charge in [0.2, 0.25) is 0 Å². The van der Waals surface area contributed by atoms with E-state index in [9.17, 15) is 9.90 Å². The molecule has 2 aromatic carbocycles. The van der Waals surface area contributed by atoms with Crippen molar-refractivity contribution in [1.82, 2.24) is 4.90 Å². The van der Waals surface area contributed by atoms with Crippen molar-refractivity contribution in [3.05, 3.63) is 46.5 Å². The molecule has 2 aromatic rings. The standard InChI is InChI=1S/C21H27NO3.ClH.Ti/c1-7-22(8-2)21(24)25-18-12-10-14(4)16(6)20(18)19-15(5)13(3)9-11-17(19)23;;/h9-12,23H,7-8H2,1-6H3;1H;. The fourth-order valence-electron chi connectivity index (χ4n) is 2.94. The maximum absolute atomic E-state index is 12.4. The quantitative estimate of drug-likeness (QED) is 0.653. The van der Waals surface area contributed by atoms with Gasteiger partial charge in [-0.25, -0.2) is 4.79 Å². The number of nitrogens with zero attached hydrogens (tertiary/aromatic N) is 1. The van der Waals surface area contributed by atoms with Gasteiger partial charge in [0.15, 0.2) is 0 Å². The molecule has 4 nitrogen and oxygen atoms in total. The van der Waals surface area contributed by atoms with Crippen LogP contribution >= 0.6 is 12.4 Å². The third kappa shape index (κ3) is 5.28. The Balaban J connectivity index is 0.00000338. The van der Waals surface area contributed by atoms with Crippen molar-refractivity contribution in [3.63, 3.8) is 0 Å². The van der Waals surface area contributed by atoms with Gasteiger partial charge in [0, 0.05) is 45.9 Å². The summed E-state index contributed by atoms with van der Waals surface area (Å²) >= 11 is 0. The Bertz CT molecular complexity index is 804. The van der Waals surface area contributed by atoms with Crippen molar-refractivity contribution < 1.29 is 36.4 Å². The molecule has 0 radical (unpaired) electrons. The topological polar surface area (TPSA) is 49.8 Å². The van der Waals surface area contributed by atoms with Gasteiger partial charge in [-0.2, -0.15) is 0 Å². The zero-order valence-electron chi connectivity index (χ0n) is 16.8. The number of hydrogen-bond acceptors (Lipinski definition) is 3. The van der Waals surface area contributed by atoms with Crippen molar-refractivity contribution in [3.8, 4) is 22.6 Å². The first-order chi connectivity index (χ1) is 11.8. The van der Waals surface area contributed by atoms with E-state index >= 15 is 0 Å². The number of aryl methyl sites for hydroxylation is 2. The van der Waals surface area contributed by atoms with E-state index in [0.29, 0.717) is 18.8 Å². The Morgan fingerprint density at radius 1 is 0.926 bits per heavy atom. The van der Waals surface area contributed by atoms with Crippen LogP contribution in [-0.2, 0) is 21.7 Å². The minimum atomic E-state index is -0.376. The van der Waals surface area contributed by atoms with Gasteiger partial charge in [0.1, 0.15) is 11.5 Å². The van der Waals surface area contributed by atoms with Crippen LogP contribution in [0.25, 0.3) is 11.1 Å². The number of aromatic hydroxyl groups is 1. The van der Waals surface area contributed by atoms with Crippen molar-refractivity contribution in [2.45, 2.75) is 41.5 Å². The van der Waals surface area contributed by atoms with Crippen LogP contribution in [0.3, 0.4) is 0 Å². The zero-order valence-corrected chi connectivity index (χ0v) is 19.2. The minimum Gasteiger partial charge on any atom is -0.507 e. The van der Waals surface area contributed by atoms with Crippen molar-refractivity contribution in [2.75, 3.05) is 13.1 Å². The Kier molecular flexibility index (Phi) is 10.2. The number of carbonyl (C=O) groups is 1. The molecule has 0 aliphatic heterocycles. The average Bonchev–Trinajstić information content (AvgIpc) is 2.58. The summed E-state index contributed by atoms with van der Waals surface area (Å²) in [6.07, 6.45) is -0.376. The first kappa shape index (κ1) is 25.5. The fourth-order valence-corrected chi connectivity index (χ4v) is 2.94. The predicted molar refractivity (Wildman–Crippen MR) is 109 cm³/mol. The Morgan fingerprint density at radius 3 is 1.93 bits per heavy atom. The van der Waals surface area contributed by atoms with Crippen molar-refractivity contribution in [1.29, 1.82) is 0 Å². The molecule has 2 rings (SSSR count). The van der Waals surface area contributed by atoms with E-state index in [2.05, 4.69) is 0 Å². The van der Waals surface area contributed by atoms with Gasteiger partial charge in [-0.1, -0.05) is 12.1 Å². The van der Waals surface area contributed by atoms with E-state index in [4.69, 9.17) is 4.74 Å². The maximum atomic E-state index is 12.4. The number of ether oxygens (including phenoxy) is 1. The number of phenolic OH excluding ortho intramolecular Hbond substituents is 1. The van der Waals surface area contributed by atoms with E-state index in [1.54, 1.807) is 17.0 Å². The van der Waals surface area contributed by atoms with Gasteiger partial charge in [-0.05, 0) is 75.9 Å². The number of amides is 1. The van der Waals surface area contributed by atoms with Gasteiger partial charge < -0.3 is 14.7 Å². The molecule has 0 heterocycles. The molecule has 6 heteroatoms. The van der Waals surface area contributed by atoms with Gasteiger partial charge in [-0.15, -0.1) is 12.4 Å². The monoisotopic (exact) mass is 425 g/mol. The normalized spacial score (nSPS) is 9.85. The third-order valence-electron chi connectivity index (χ3n) is 4.88. The molecule has 146 valence electrons. The number of rotatable bonds is 4. The summed E-state index contributed by atoms with van der Waals surface area (Å²) in [6.45, 7) is 13.0. The third-order valence-corrected chi connectivity index (χ3v) is 4.88. The molecule has 0 saturated carbocycles. The summed E-state index contributed by atoms with van der Waals surface area (Å²) in [5, 5.41) is 10.5. The summed E-state index contributed by atoms with van der Waals surface area (Å²) in [7, 11) is 0. The van der Waals surface area contributed by atoms with Crippen LogP contribution in [0.1, 0.15) is 36.1 Å². The van der Waals surface area contributed by atoms with Gasteiger partial charge >= 0.3 is 6.09 Å². The number of halogens is 1. The molecule has 27 heavy (non-hydrogen) atoms. The molecular weight excluding hydrogens is 398 g/mol. The van der Waals surface area contributed by atoms with Crippen LogP contribution in [0.2, 0.25) is 0 Å². The number of hydrogen-bond donors (Lipinski definition) is 1. The van der Waals surface area contributed by atoms with Gasteiger partial charge in [0.05, 0.1) is 0 Å². The second-order valence-corrected chi connectivity index (χ2v) is 6.32. The molecular formula is C21H28ClNO3Ti. The summed E-state index contributed by atoms with van der Waals surface area (Å²) < 4.78 is 5.71. The van der Waals surface area contributed by atoms with Crippen LogP contribution in [-0.4, -0.2) is 29.2 Å². The Labute approximate surface area is 183 Å². The number of phenols is 1. The van der Waals surface area contributed by atoms with E-state index in [1.165, 1.54) is 0 Å². The molecule has 0 aliphatic rings. The summed E-state index contributed by atoms with van der Waals surface area (Å²) in [6, 6.07) is 7.32. The summed E-state index contributed by atoms with van der Waals surface area (Å²) in [4.78, 5) is 14.1. The molecule has 1 amide bonds. The smallest absolute Gasteiger partial charge is 0.415 e. The molecule has 0 aliphatic carbocycles. The molecule has 0 aromatic heterocycles. The van der Waals surface area contributed by atoms with Crippen LogP contribution < -0.4 is 4.74 Å².